The number of hydrogen-bond donors (Lipinski definition) is 0. The minimum absolute atomic E-state index is 0.0778. The van der Waals surface area contributed by atoms with Crippen molar-refractivity contribution < 1.29 is 19.1 Å². The van der Waals surface area contributed by atoms with Crippen LogP contribution in [-0.2, 0) is 24.0 Å². The van der Waals surface area contributed by atoms with Crippen molar-refractivity contribution in [1.29, 1.82) is 0 Å². The zero-order valence-corrected chi connectivity index (χ0v) is 22.2. The van der Waals surface area contributed by atoms with Crippen LogP contribution < -0.4 is 9.80 Å². The third-order valence-corrected chi connectivity index (χ3v) is 9.27. The predicted octanol–water partition coefficient (Wildman–Crippen LogP) is 4.27. The maximum Gasteiger partial charge on any atom is 0.309 e. The molecule has 0 N–H and O–H groups in total. The number of aryl methyl sites for hydroxylation is 1. The summed E-state index contributed by atoms with van der Waals surface area (Å²) in [5, 5.41) is 0. The Bertz CT molecular complexity index is 1180. The normalized spacial score (nSPS) is 22.8. The maximum atomic E-state index is 14.2. The summed E-state index contributed by atoms with van der Waals surface area (Å²) in [4.78, 5) is 44.1. The molecular weight excluding hydrogens is 530 g/mol. The number of hydrogen-bond acceptors (Lipinski definition) is 6. The molecule has 1 atom stereocenters. The number of anilines is 2. The first kappa shape index (κ1) is 24.3. The number of likely N-dealkylation sites (tertiary alicyclic amines) is 1. The minimum Gasteiger partial charge on any atom is -0.466 e. The van der Waals surface area contributed by atoms with Crippen LogP contribution in [0, 0.1) is 12.8 Å². The lowest BCUT2D eigenvalue weighted by Gasteiger charge is -2.36. The number of esters is 1. The van der Waals surface area contributed by atoms with E-state index in [-0.39, 0.29) is 29.5 Å². The lowest BCUT2D eigenvalue weighted by molar-refractivity contribution is -0.149. The van der Waals surface area contributed by atoms with E-state index in [1.54, 1.807) is 4.90 Å². The van der Waals surface area contributed by atoms with Gasteiger partial charge in [0.15, 0.2) is 0 Å². The van der Waals surface area contributed by atoms with Crippen LogP contribution in [-0.4, -0.2) is 54.8 Å². The second kappa shape index (κ2) is 9.59. The average Bonchev–Trinajstić information content (AvgIpc) is 3.32. The van der Waals surface area contributed by atoms with E-state index in [4.69, 9.17) is 4.74 Å². The molecule has 2 aromatic rings. The SMILES string of the molecule is CCOC(=O)C1CCN(CN2C(=O)[C@]3(SCC(=O)N3c3ccc(C)c(Br)c3)c3ccccc32)CC1. The van der Waals surface area contributed by atoms with E-state index in [2.05, 4.69) is 20.8 Å². The van der Waals surface area contributed by atoms with Crippen LogP contribution in [0.15, 0.2) is 46.9 Å². The Balaban J connectivity index is 1.44. The van der Waals surface area contributed by atoms with Gasteiger partial charge >= 0.3 is 5.97 Å². The number of amides is 2. The zero-order chi connectivity index (χ0) is 24.7. The number of rotatable bonds is 5. The summed E-state index contributed by atoms with van der Waals surface area (Å²) in [6, 6.07) is 13.6. The maximum absolute atomic E-state index is 14.2. The number of nitrogens with zero attached hydrogens (tertiary/aromatic N) is 3. The van der Waals surface area contributed by atoms with Gasteiger partial charge in [0.25, 0.3) is 5.91 Å². The Morgan fingerprint density at radius 3 is 2.63 bits per heavy atom. The highest BCUT2D eigenvalue weighted by Gasteiger charge is 2.61. The summed E-state index contributed by atoms with van der Waals surface area (Å²) in [5.74, 6) is -0.151. The van der Waals surface area contributed by atoms with Crippen molar-refractivity contribution in [3.63, 3.8) is 0 Å². The molecule has 0 unspecified atom stereocenters. The second-order valence-electron chi connectivity index (χ2n) is 9.13. The molecule has 2 fully saturated rings. The molecule has 3 aliphatic rings. The second-order valence-corrected chi connectivity index (χ2v) is 11.2. The molecule has 2 aromatic carbocycles. The number of ether oxygens (including phenoxy) is 1. The zero-order valence-electron chi connectivity index (χ0n) is 19.8. The Morgan fingerprint density at radius 2 is 1.91 bits per heavy atom. The van der Waals surface area contributed by atoms with Crippen LogP contribution in [0.25, 0.3) is 0 Å². The van der Waals surface area contributed by atoms with Crippen molar-refractivity contribution in [2.24, 2.45) is 5.92 Å². The highest BCUT2D eigenvalue weighted by atomic mass is 79.9. The van der Waals surface area contributed by atoms with Crippen molar-refractivity contribution in [3.05, 3.63) is 58.1 Å². The number of carbonyl (C=O) groups excluding carboxylic acids is 3. The van der Waals surface area contributed by atoms with Gasteiger partial charge < -0.3 is 4.74 Å². The monoisotopic (exact) mass is 557 g/mol. The quantitative estimate of drug-likeness (QED) is 0.511. The van der Waals surface area contributed by atoms with E-state index in [0.29, 0.717) is 44.9 Å². The fourth-order valence-corrected chi connectivity index (χ4v) is 6.91. The van der Waals surface area contributed by atoms with E-state index < -0.39 is 4.87 Å². The Morgan fingerprint density at radius 1 is 1.17 bits per heavy atom. The molecule has 0 bridgehead atoms. The van der Waals surface area contributed by atoms with E-state index in [1.165, 1.54) is 11.8 Å². The van der Waals surface area contributed by atoms with Crippen LogP contribution in [0.1, 0.15) is 30.9 Å². The fourth-order valence-electron chi connectivity index (χ4n) is 5.19. The topological polar surface area (TPSA) is 70.2 Å². The van der Waals surface area contributed by atoms with Gasteiger partial charge in [-0.25, -0.2) is 0 Å². The first-order valence-electron chi connectivity index (χ1n) is 11.9. The van der Waals surface area contributed by atoms with Gasteiger partial charge in [0.05, 0.1) is 30.6 Å². The van der Waals surface area contributed by atoms with E-state index in [1.807, 2.05) is 61.2 Å². The summed E-state index contributed by atoms with van der Waals surface area (Å²) in [6.07, 6.45) is 1.43. The van der Waals surface area contributed by atoms with Crippen molar-refractivity contribution >= 4 is 56.9 Å². The molecular formula is C26H28BrN3O4S. The molecule has 1 spiro atoms. The van der Waals surface area contributed by atoms with Crippen LogP contribution in [0.5, 0.6) is 0 Å². The number of halogens is 1. The van der Waals surface area contributed by atoms with Crippen molar-refractivity contribution in [2.45, 2.75) is 31.6 Å². The summed E-state index contributed by atoms with van der Waals surface area (Å²) in [5.41, 5.74) is 3.45. The van der Waals surface area contributed by atoms with Crippen LogP contribution in [0.2, 0.25) is 0 Å². The van der Waals surface area contributed by atoms with Gasteiger partial charge in [-0.1, -0.05) is 40.2 Å². The molecule has 3 aliphatic heterocycles. The Labute approximate surface area is 217 Å². The molecule has 0 radical (unpaired) electrons. The standard InChI is InChI=1S/C26H28BrN3O4S/c1-3-34-24(32)18-10-12-28(13-11-18)16-29-22-7-5-4-6-20(22)26(25(29)33)30(23(31)15-35-26)19-9-8-17(2)21(27)14-19/h4-9,14,18H,3,10-13,15-16H2,1-2H3/t26-/m1/s1. The molecule has 35 heavy (non-hydrogen) atoms. The molecule has 0 aromatic heterocycles. The van der Waals surface area contributed by atoms with Gasteiger partial charge in [0.2, 0.25) is 10.8 Å². The third-order valence-electron chi connectivity index (χ3n) is 7.03. The summed E-state index contributed by atoms with van der Waals surface area (Å²) in [7, 11) is 0. The van der Waals surface area contributed by atoms with Gasteiger partial charge in [0, 0.05) is 28.8 Å². The van der Waals surface area contributed by atoms with Crippen molar-refractivity contribution in [2.75, 3.05) is 41.9 Å². The molecule has 3 heterocycles. The summed E-state index contributed by atoms with van der Waals surface area (Å²) in [6.45, 7) is 6.06. The number of benzene rings is 2. The highest BCUT2D eigenvalue weighted by molar-refractivity contribution is 9.10. The van der Waals surface area contributed by atoms with Crippen molar-refractivity contribution in [1.82, 2.24) is 4.90 Å². The number of carbonyl (C=O) groups is 3. The molecule has 2 amide bonds. The van der Waals surface area contributed by atoms with E-state index in [9.17, 15) is 14.4 Å². The Hall–Kier alpha value is -2.36. The lowest BCUT2D eigenvalue weighted by Crippen LogP contribution is -2.52. The van der Waals surface area contributed by atoms with Gasteiger partial charge in [-0.2, -0.15) is 0 Å². The van der Waals surface area contributed by atoms with E-state index >= 15 is 0 Å². The number of para-hydroxylation sites is 1. The molecule has 0 saturated carbocycles. The van der Waals surface area contributed by atoms with Gasteiger partial charge in [-0.3, -0.25) is 29.1 Å². The highest BCUT2D eigenvalue weighted by Crippen LogP contribution is 2.55. The van der Waals surface area contributed by atoms with E-state index in [0.717, 1.165) is 21.3 Å². The number of thioether (sulfide) groups is 1. The first-order chi connectivity index (χ1) is 16.9. The number of piperidine rings is 1. The predicted molar refractivity (Wildman–Crippen MR) is 140 cm³/mol. The largest absolute Gasteiger partial charge is 0.466 e. The molecule has 9 heteroatoms. The number of fused-ring (bicyclic) bond motifs is 2. The smallest absolute Gasteiger partial charge is 0.309 e. The van der Waals surface area contributed by atoms with Crippen LogP contribution in [0.4, 0.5) is 11.4 Å². The van der Waals surface area contributed by atoms with Crippen LogP contribution >= 0.6 is 27.7 Å². The molecule has 0 aliphatic carbocycles. The average molecular weight is 558 g/mol. The molecule has 184 valence electrons. The van der Waals surface area contributed by atoms with Gasteiger partial charge in [-0.15, -0.1) is 11.8 Å². The Kier molecular flexibility index (Phi) is 6.67. The summed E-state index contributed by atoms with van der Waals surface area (Å²) < 4.78 is 6.09. The summed E-state index contributed by atoms with van der Waals surface area (Å²) >= 11 is 4.97. The molecule has 2 saturated heterocycles. The third kappa shape index (κ3) is 4.07. The molecule has 7 nitrogen and oxygen atoms in total. The minimum atomic E-state index is -1.12. The first-order valence-corrected chi connectivity index (χ1v) is 13.7. The fraction of sp³-hybridized carbons (Fsp3) is 0.423. The molecule has 5 rings (SSSR count). The van der Waals surface area contributed by atoms with Gasteiger partial charge in [-0.05, 0) is 50.5 Å². The van der Waals surface area contributed by atoms with Crippen molar-refractivity contribution in [3.8, 4) is 0 Å². The van der Waals surface area contributed by atoms with Gasteiger partial charge in [0.1, 0.15) is 0 Å². The lowest BCUT2D eigenvalue weighted by atomic mass is 9.97. The van der Waals surface area contributed by atoms with Crippen LogP contribution in [0.3, 0.4) is 0 Å².